The van der Waals surface area contributed by atoms with E-state index in [2.05, 4.69) is 11.2 Å². The normalized spacial score (nSPS) is 19.2. The van der Waals surface area contributed by atoms with Crippen molar-refractivity contribution in [2.45, 2.75) is 43.6 Å². The molecule has 1 aliphatic rings. The van der Waals surface area contributed by atoms with Gasteiger partial charge in [-0.25, -0.2) is 0 Å². The maximum absolute atomic E-state index is 11.4. The van der Waals surface area contributed by atoms with Gasteiger partial charge in [-0.3, -0.25) is 0 Å². The topological polar surface area (TPSA) is 62.4 Å². The van der Waals surface area contributed by atoms with Gasteiger partial charge >= 0.3 is 0 Å². The van der Waals surface area contributed by atoms with Gasteiger partial charge in [0.05, 0.1) is 19.1 Å². The second-order valence-electron chi connectivity index (χ2n) is 5.09. The molecule has 4 nitrogen and oxygen atoms in total. The lowest BCUT2D eigenvalue weighted by molar-refractivity contribution is 0.274. The fourth-order valence-electron chi connectivity index (χ4n) is 2.90. The molecule has 1 fully saturated rings. The molecule has 0 bridgehead atoms. The van der Waals surface area contributed by atoms with E-state index in [-0.39, 0.29) is 0 Å². The lowest BCUT2D eigenvalue weighted by Crippen LogP contribution is -2.35. The third kappa shape index (κ3) is 2.60. The predicted octanol–water partition coefficient (Wildman–Crippen LogP) is 3.77. The molecule has 0 spiro atoms. The number of nitrogens with zero attached hydrogens (tertiary/aromatic N) is 2. The first kappa shape index (κ1) is 13.5. The predicted molar refractivity (Wildman–Crippen MR) is 73.0 cm³/mol. The van der Waals surface area contributed by atoms with Crippen LogP contribution in [0, 0.1) is 16.2 Å². The van der Waals surface area contributed by atoms with E-state index in [1.807, 2.05) is 24.3 Å². The van der Waals surface area contributed by atoms with Crippen molar-refractivity contribution >= 4 is 0 Å². The van der Waals surface area contributed by atoms with Crippen molar-refractivity contribution in [1.29, 1.82) is 5.26 Å². The van der Waals surface area contributed by atoms with Crippen LogP contribution in [0.1, 0.15) is 43.6 Å². The van der Waals surface area contributed by atoms with Crippen molar-refractivity contribution in [3.8, 4) is 11.8 Å². The van der Waals surface area contributed by atoms with Gasteiger partial charge in [-0.15, -0.1) is 0 Å². The molecule has 0 saturated heterocycles. The largest absolute Gasteiger partial charge is 0.497 e. The molecule has 1 unspecified atom stereocenters. The molecule has 2 rings (SSSR count). The summed E-state index contributed by atoms with van der Waals surface area (Å²) in [6.07, 6.45) is 4.49. The van der Waals surface area contributed by atoms with Crippen molar-refractivity contribution < 1.29 is 4.74 Å². The molecule has 100 valence electrons. The van der Waals surface area contributed by atoms with Crippen molar-refractivity contribution in [2.75, 3.05) is 7.11 Å². The summed E-state index contributed by atoms with van der Waals surface area (Å²) in [5.41, 5.74) is 0.103. The summed E-state index contributed by atoms with van der Waals surface area (Å²) >= 11 is 0. The van der Waals surface area contributed by atoms with Crippen LogP contribution in [0.4, 0.5) is 0 Å². The smallest absolute Gasteiger partial charge is 0.122 e. The Morgan fingerprint density at radius 3 is 2.37 bits per heavy atom. The van der Waals surface area contributed by atoms with E-state index in [0.717, 1.165) is 30.6 Å². The molecule has 0 heterocycles. The Kier molecular flexibility index (Phi) is 4.16. The van der Waals surface area contributed by atoms with Gasteiger partial charge in [0.25, 0.3) is 0 Å². The number of nitriles is 1. The van der Waals surface area contributed by atoms with Crippen LogP contribution in [0.5, 0.6) is 5.75 Å². The van der Waals surface area contributed by atoms with Gasteiger partial charge in [0.15, 0.2) is 0 Å². The van der Waals surface area contributed by atoms with Crippen LogP contribution in [-0.4, -0.2) is 12.6 Å². The van der Waals surface area contributed by atoms with E-state index in [1.54, 1.807) is 7.11 Å². The number of rotatable bonds is 4. The molecule has 0 aromatic heterocycles. The Hall–Kier alpha value is -1.89. The van der Waals surface area contributed by atoms with Crippen LogP contribution in [0.25, 0.3) is 0 Å². The summed E-state index contributed by atoms with van der Waals surface area (Å²) in [5, 5.41) is 12.8. The molecule has 1 atom stereocenters. The van der Waals surface area contributed by atoms with E-state index in [0.29, 0.717) is 12.8 Å². The van der Waals surface area contributed by atoms with Crippen molar-refractivity contribution in [1.82, 2.24) is 0 Å². The van der Waals surface area contributed by atoms with Gasteiger partial charge in [-0.2, -0.15) is 10.2 Å². The standard InChI is InChI=1S/C15H18N2O2/c1-19-13-7-5-12(6-8-13)14(11-16)15(17-18)9-3-2-4-10-15/h5-8,14H,2-4,9-10H2,1H3. The van der Waals surface area contributed by atoms with Crippen LogP contribution < -0.4 is 4.74 Å². The Morgan fingerprint density at radius 1 is 1.26 bits per heavy atom. The number of nitroso groups, excluding NO2 is 1. The zero-order valence-corrected chi connectivity index (χ0v) is 11.1. The summed E-state index contributed by atoms with van der Waals surface area (Å²) in [4.78, 5) is 11.4. The van der Waals surface area contributed by atoms with E-state index in [1.165, 1.54) is 0 Å². The van der Waals surface area contributed by atoms with Crippen LogP contribution in [0.3, 0.4) is 0 Å². The maximum atomic E-state index is 11.4. The van der Waals surface area contributed by atoms with E-state index in [9.17, 15) is 10.2 Å². The highest BCUT2D eigenvalue weighted by Crippen LogP contribution is 2.42. The number of ether oxygens (including phenoxy) is 1. The summed E-state index contributed by atoms with van der Waals surface area (Å²) < 4.78 is 5.11. The quantitative estimate of drug-likeness (QED) is 0.772. The van der Waals surface area contributed by atoms with Crippen LogP contribution in [0.15, 0.2) is 29.4 Å². The van der Waals surface area contributed by atoms with Gasteiger partial charge in [-0.05, 0) is 30.5 Å². The van der Waals surface area contributed by atoms with Crippen molar-refractivity contribution in [3.05, 3.63) is 34.7 Å². The first-order chi connectivity index (χ1) is 9.25. The number of hydrogen-bond acceptors (Lipinski definition) is 4. The molecule has 0 N–H and O–H groups in total. The molecule has 0 amide bonds. The zero-order valence-electron chi connectivity index (χ0n) is 11.1. The lowest BCUT2D eigenvalue weighted by Gasteiger charge is -2.34. The summed E-state index contributed by atoms with van der Waals surface area (Å²) in [7, 11) is 1.60. The molecule has 0 radical (unpaired) electrons. The first-order valence-electron chi connectivity index (χ1n) is 6.64. The van der Waals surface area contributed by atoms with Crippen molar-refractivity contribution in [2.24, 2.45) is 5.18 Å². The third-order valence-electron chi connectivity index (χ3n) is 4.02. The number of methoxy groups -OCH3 is 1. The highest BCUT2D eigenvalue weighted by Gasteiger charge is 2.42. The monoisotopic (exact) mass is 258 g/mol. The van der Waals surface area contributed by atoms with Gasteiger partial charge in [0.1, 0.15) is 11.3 Å². The molecule has 4 heteroatoms. The van der Waals surface area contributed by atoms with Crippen LogP contribution in [-0.2, 0) is 0 Å². The minimum absolute atomic E-state index is 0.462. The molecule has 19 heavy (non-hydrogen) atoms. The van der Waals surface area contributed by atoms with E-state index >= 15 is 0 Å². The minimum Gasteiger partial charge on any atom is -0.497 e. The average molecular weight is 258 g/mol. The Bertz CT molecular complexity index is 470. The third-order valence-corrected chi connectivity index (χ3v) is 4.02. The SMILES string of the molecule is COc1ccc(C(C#N)C2(N=O)CCCCC2)cc1. The van der Waals surface area contributed by atoms with Gasteiger partial charge in [0.2, 0.25) is 0 Å². The molecular weight excluding hydrogens is 240 g/mol. The minimum atomic E-state index is -0.748. The summed E-state index contributed by atoms with van der Waals surface area (Å²) in [5.74, 6) is 0.286. The average Bonchev–Trinajstić information content (AvgIpc) is 2.49. The van der Waals surface area contributed by atoms with E-state index in [4.69, 9.17) is 4.74 Å². The number of benzene rings is 1. The first-order valence-corrected chi connectivity index (χ1v) is 6.64. The maximum Gasteiger partial charge on any atom is 0.122 e. The van der Waals surface area contributed by atoms with Crippen LogP contribution >= 0.6 is 0 Å². The summed E-state index contributed by atoms with van der Waals surface area (Å²) in [6.45, 7) is 0. The fraction of sp³-hybridized carbons (Fsp3) is 0.533. The Labute approximate surface area is 113 Å². The molecule has 1 aliphatic carbocycles. The summed E-state index contributed by atoms with van der Waals surface area (Å²) in [6, 6.07) is 9.63. The second-order valence-corrected chi connectivity index (χ2v) is 5.09. The highest BCUT2D eigenvalue weighted by atomic mass is 16.5. The van der Waals surface area contributed by atoms with E-state index < -0.39 is 11.5 Å². The molecule has 1 saturated carbocycles. The zero-order chi connectivity index (χ0) is 13.7. The fourth-order valence-corrected chi connectivity index (χ4v) is 2.90. The molecule has 1 aromatic carbocycles. The van der Waals surface area contributed by atoms with Gasteiger partial charge in [0, 0.05) is 0 Å². The second kappa shape index (κ2) is 5.83. The Morgan fingerprint density at radius 2 is 1.89 bits per heavy atom. The molecule has 1 aromatic rings. The van der Waals surface area contributed by atoms with Gasteiger partial charge in [-0.1, -0.05) is 36.6 Å². The molecule has 0 aliphatic heterocycles. The van der Waals surface area contributed by atoms with Gasteiger partial charge < -0.3 is 4.74 Å². The molecular formula is C15H18N2O2. The van der Waals surface area contributed by atoms with Crippen molar-refractivity contribution in [3.63, 3.8) is 0 Å². The van der Waals surface area contributed by atoms with Crippen LogP contribution in [0.2, 0.25) is 0 Å². The Balaban J connectivity index is 2.31. The number of hydrogen-bond donors (Lipinski definition) is 0. The highest BCUT2D eigenvalue weighted by molar-refractivity contribution is 5.35. The lowest BCUT2D eigenvalue weighted by atomic mass is 9.71.